The van der Waals surface area contributed by atoms with Crippen molar-refractivity contribution >= 4 is 17.5 Å². The summed E-state index contributed by atoms with van der Waals surface area (Å²) in [6.45, 7) is 4.99. The van der Waals surface area contributed by atoms with Crippen LogP contribution in [0.2, 0.25) is 0 Å². The number of hydrogen-bond donors (Lipinski definition) is 1. The molecule has 1 aliphatic rings. The fraction of sp³-hybridized carbons (Fsp3) is 0.364. The Morgan fingerprint density at radius 3 is 2.63 bits per heavy atom. The molecule has 1 heterocycles. The van der Waals surface area contributed by atoms with E-state index >= 15 is 0 Å². The highest BCUT2D eigenvalue weighted by molar-refractivity contribution is 6.00. The Morgan fingerprint density at radius 1 is 1.22 bits per heavy atom. The standard InChI is InChI=1S/C22H25FN2O2/c1-3-15(2)19-6-4-5-7-20(19)25-14-17(12-21(25)26)22(27)24-13-16-8-10-18(23)11-9-16/h4-11,15,17H,3,12-14H2,1-2H3,(H,24,27)/t15-,17-/m0/s1. The number of carbonyl (C=O) groups excluding carboxylic acids is 2. The van der Waals surface area contributed by atoms with Crippen molar-refractivity contribution in [3.63, 3.8) is 0 Å². The van der Waals surface area contributed by atoms with Crippen LogP contribution >= 0.6 is 0 Å². The van der Waals surface area contributed by atoms with Crippen molar-refractivity contribution in [2.45, 2.75) is 39.2 Å². The Hall–Kier alpha value is -2.69. The number of halogens is 1. The third-order valence-corrected chi connectivity index (χ3v) is 5.25. The summed E-state index contributed by atoms with van der Waals surface area (Å²) in [6.07, 6.45) is 1.20. The number of nitrogens with zero attached hydrogens (tertiary/aromatic N) is 1. The van der Waals surface area contributed by atoms with Crippen molar-refractivity contribution in [3.05, 3.63) is 65.5 Å². The monoisotopic (exact) mass is 368 g/mol. The van der Waals surface area contributed by atoms with Crippen molar-refractivity contribution in [2.24, 2.45) is 5.92 Å². The lowest BCUT2D eigenvalue weighted by Crippen LogP contribution is -2.33. The normalized spacial score (nSPS) is 17.8. The van der Waals surface area contributed by atoms with Gasteiger partial charge in [-0.25, -0.2) is 4.39 Å². The summed E-state index contributed by atoms with van der Waals surface area (Å²) in [4.78, 5) is 26.8. The van der Waals surface area contributed by atoms with Gasteiger partial charge in [0.05, 0.1) is 5.92 Å². The maximum absolute atomic E-state index is 13.0. The lowest BCUT2D eigenvalue weighted by atomic mass is 9.96. The molecule has 0 bridgehead atoms. The second-order valence-electron chi connectivity index (χ2n) is 7.12. The highest BCUT2D eigenvalue weighted by Gasteiger charge is 2.36. The molecule has 0 unspecified atom stereocenters. The lowest BCUT2D eigenvalue weighted by molar-refractivity contribution is -0.126. The van der Waals surface area contributed by atoms with E-state index in [0.717, 1.165) is 23.2 Å². The Labute approximate surface area is 159 Å². The van der Waals surface area contributed by atoms with Crippen LogP contribution in [0.25, 0.3) is 0 Å². The second kappa shape index (κ2) is 8.33. The first-order valence-electron chi connectivity index (χ1n) is 9.41. The van der Waals surface area contributed by atoms with E-state index in [1.807, 2.05) is 18.2 Å². The SMILES string of the molecule is CC[C@H](C)c1ccccc1N1C[C@@H](C(=O)NCc2ccc(F)cc2)CC1=O. The molecule has 2 atom stereocenters. The van der Waals surface area contributed by atoms with Crippen LogP contribution in [0.5, 0.6) is 0 Å². The summed E-state index contributed by atoms with van der Waals surface area (Å²) in [7, 11) is 0. The van der Waals surface area contributed by atoms with E-state index < -0.39 is 0 Å². The van der Waals surface area contributed by atoms with Gasteiger partial charge in [-0.05, 0) is 41.7 Å². The molecule has 0 aliphatic carbocycles. The molecule has 0 saturated carbocycles. The third kappa shape index (κ3) is 4.35. The van der Waals surface area contributed by atoms with Crippen molar-refractivity contribution < 1.29 is 14.0 Å². The summed E-state index contributed by atoms with van der Waals surface area (Å²) >= 11 is 0. The first-order chi connectivity index (χ1) is 13.0. The number of anilines is 1. The third-order valence-electron chi connectivity index (χ3n) is 5.25. The highest BCUT2D eigenvalue weighted by atomic mass is 19.1. The second-order valence-corrected chi connectivity index (χ2v) is 7.12. The molecule has 1 fully saturated rings. The molecule has 0 aromatic heterocycles. The van der Waals surface area contributed by atoms with Crippen LogP contribution in [-0.2, 0) is 16.1 Å². The van der Waals surface area contributed by atoms with Gasteiger partial charge in [0.2, 0.25) is 11.8 Å². The van der Waals surface area contributed by atoms with E-state index in [1.54, 1.807) is 17.0 Å². The molecule has 2 aromatic rings. The quantitative estimate of drug-likeness (QED) is 0.838. The Bertz CT molecular complexity index is 819. The molecule has 1 saturated heterocycles. The van der Waals surface area contributed by atoms with Crippen LogP contribution in [0.4, 0.5) is 10.1 Å². The van der Waals surface area contributed by atoms with E-state index in [1.165, 1.54) is 12.1 Å². The van der Waals surface area contributed by atoms with Crippen LogP contribution in [0, 0.1) is 11.7 Å². The summed E-state index contributed by atoms with van der Waals surface area (Å²) in [5, 5.41) is 2.86. The lowest BCUT2D eigenvalue weighted by Gasteiger charge is -2.23. The average Bonchev–Trinajstić information content (AvgIpc) is 3.08. The zero-order valence-corrected chi connectivity index (χ0v) is 15.7. The van der Waals surface area contributed by atoms with Crippen LogP contribution < -0.4 is 10.2 Å². The van der Waals surface area contributed by atoms with Gasteiger partial charge in [-0.3, -0.25) is 9.59 Å². The molecule has 142 valence electrons. The molecule has 0 spiro atoms. The van der Waals surface area contributed by atoms with Gasteiger partial charge in [0.1, 0.15) is 5.82 Å². The van der Waals surface area contributed by atoms with Gasteiger partial charge < -0.3 is 10.2 Å². The minimum absolute atomic E-state index is 0.0207. The predicted molar refractivity (Wildman–Crippen MR) is 104 cm³/mol. The molecule has 1 N–H and O–H groups in total. The fourth-order valence-corrected chi connectivity index (χ4v) is 3.42. The molecule has 5 heteroatoms. The maximum Gasteiger partial charge on any atom is 0.227 e. The van der Waals surface area contributed by atoms with Crippen molar-refractivity contribution in [3.8, 4) is 0 Å². The molecule has 4 nitrogen and oxygen atoms in total. The van der Waals surface area contributed by atoms with Gasteiger partial charge in [0, 0.05) is 25.2 Å². The van der Waals surface area contributed by atoms with Crippen molar-refractivity contribution in [2.75, 3.05) is 11.4 Å². The smallest absolute Gasteiger partial charge is 0.227 e. The molecule has 0 radical (unpaired) electrons. The van der Waals surface area contributed by atoms with Crippen LogP contribution in [0.3, 0.4) is 0 Å². The molecule has 3 rings (SSSR count). The van der Waals surface area contributed by atoms with Gasteiger partial charge in [0.15, 0.2) is 0 Å². The summed E-state index contributed by atoms with van der Waals surface area (Å²) < 4.78 is 13.0. The minimum Gasteiger partial charge on any atom is -0.352 e. The van der Waals surface area contributed by atoms with E-state index in [0.29, 0.717) is 19.0 Å². The number of amides is 2. The Kier molecular flexibility index (Phi) is 5.89. The molecule has 27 heavy (non-hydrogen) atoms. The van der Waals surface area contributed by atoms with Crippen molar-refractivity contribution in [1.29, 1.82) is 0 Å². The first kappa shape index (κ1) is 19.1. The largest absolute Gasteiger partial charge is 0.352 e. The minimum atomic E-state index is -0.372. The predicted octanol–water partition coefficient (Wildman–Crippen LogP) is 4.01. The number of hydrogen-bond acceptors (Lipinski definition) is 2. The molecule has 1 aliphatic heterocycles. The molecule has 2 aromatic carbocycles. The van der Waals surface area contributed by atoms with E-state index in [-0.39, 0.29) is 30.0 Å². The number of rotatable bonds is 6. The van der Waals surface area contributed by atoms with Crippen LogP contribution in [0.1, 0.15) is 43.7 Å². The molecular formula is C22H25FN2O2. The topological polar surface area (TPSA) is 49.4 Å². The van der Waals surface area contributed by atoms with Crippen LogP contribution in [-0.4, -0.2) is 18.4 Å². The van der Waals surface area contributed by atoms with Gasteiger partial charge in [-0.15, -0.1) is 0 Å². The number of para-hydroxylation sites is 1. The number of carbonyl (C=O) groups is 2. The summed E-state index contributed by atoms with van der Waals surface area (Å²) in [5.74, 6) is -0.491. The zero-order valence-electron chi connectivity index (χ0n) is 15.7. The van der Waals surface area contributed by atoms with Gasteiger partial charge in [-0.1, -0.05) is 44.2 Å². The summed E-state index contributed by atoms with van der Waals surface area (Å²) in [5.41, 5.74) is 2.87. The zero-order chi connectivity index (χ0) is 19.4. The Balaban J connectivity index is 1.67. The van der Waals surface area contributed by atoms with Gasteiger partial charge in [-0.2, -0.15) is 0 Å². The Morgan fingerprint density at radius 2 is 1.93 bits per heavy atom. The van der Waals surface area contributed by atoms with Gasteiger partial charge in [0.25, 0.3) is 0 Å². The van der Waals surface area contributed by atoms with E-state index in [9.17, 15) is 14.0 Å². The number of benzene rings is 2. The van der Waals surface area contributed by atoms with Gasteiger partial charge >= 0.3 is 0 Å². The van der Waals surface area contributed by atoms with Crippen molar-refractivity contribution in [1.82, 2.24) is 5.32 Å². The maximum atomic E-state index is 13.0. The summed E-state index contributed by atoms with van der Waals surface area (Å²) in [6, 6.07) is 13.9. The fourth-order valence-electron chi connectivity index (χ4n) is 3.42. The molecule has 2 amide bonds. The first-order valence-corrected chi connectivity index (χ1v) is 9.41. The highest BCUT2D eigenvalue weighted by Crippen LogP contribution is 2.33. The van der Waals surface area contributed by atoms with Crippen LogP contribution in [0.15, 0.2) is 48.5 Å². The van der Waals surface area contributed by atoms with E-state index in [2.05, 4.69) is 25.2 Å². The number of nitrogens with one attached hydrogen (secondary N) is 1. The molecular weight excluding hydrogens is 343 g/mol. The van der Waals surface area contributed by atoms with E-state index in [4.69, 9.17) is 0 Å². The average molecular weight is 368 g/mol.